The quantitative estimate of drug-likeness (QED) is 0.683. The largest absolute Gasteiger partial charge is 0.344 e. The van der Waals surface area contributed by atoms with Crippen LogP contribution in [0.5, 0.6) is 0 Å². The second kappa shape index (κ2) is 6.25. The molecule has 0 N–H and O–H groups in total. The number of hydrogen-bond donors (Lipinski definition) is 0. The lowest BCUT2D eigenvalue weighted by molar-refractivity contribution is -0.143. The second-order valence-corrected chi connectivity index (χ2v) is 6.00. The van der Waals surface area contributed by atoms with E-state index in [0.29, 0.717) is 25.9 Å². The Bertz CT molecular complexity index is 419. The van der Waals surface area contributed by atoms with Crippen molar-refractivity contribution in [2.24, 2.45) is 5.41 Å². The Kier molecular flexibility index (Phi) is 4.64. The summed E-state index contributed by atoms with van der Waals surface area (Å²) in [5.74, 6) is -0.150. The van der Waals surface area contributed by atoms with Gasteiger partial charge in [0.1, 0.15) is 5.41 Å². The van der Waals surface area contributed by atoms with E-state index in [4.69, 9.17) is 0 Å². The summed E-state index contributed by atoms with van der Waals surface area (Å²) in [5, 5.41) is 9.56. The van der Waals surface area contributed by atoms with Crippen LogP contribution in [0.1, 0.15) is 44.9 Å². The molecule has 20 heavy (non-hydrogen) atoms. The SMILES string of the molecule is CN1CCCN(C(=O)C2(C#N)CCCCCC2)CC1=O. The van der Waals surface area contributed by atoms with Crippen molar-refractivity contribution >= 4 is 11.8 Å². The lowest BCUT2D eigenvalue weighted by Crippen LogP contribution is -2.46. The predicted molar refractivity (Wildman–Crippen MR) is 74.6 cm³/mol. The first-order valence-electron chi connectivity index (χ1n) is 7.54. The number of amides is 2. The number of nitrogens with zero attached hydrogens (tertiary/aromatic N) is 3. The second-order valence-electron chi connectivity index (χ2n) is 6.00. The Hall–Kier alpha value is -1.57. The molecule has 0 spiro atoms. The lowest BCUT2D eigenvalue weighted by Gasteiger charge is -2.30. The number of likely N-dealkylation sites (N-methyl/N-ethyl adjacent to an activating group) is 1. The highest BCUT2D eigenvalue weighted by molar-refractivity contribution is 5.90. The van der Waals surface area contributed by atoms with Gasteiger partial charge >= 0.3 is 0 Å². The highest BCUT2D eigenvalue weighted by Crippen LogP contribution is 2.36. The van der Waals surface area contributed by atoms with Gasteiger partial charge < -0.3 is 9.80 Å². The molecular formula is C15H23N3O2. The van der Waals surface area contributed by atoms with Crippen LogP contribution in [0.25, 0.3) is 0 Å². The fraction of sp³-hybridized carbons (Fsp3) is 0.800. The molecule has 1 saturated carbocycles. The molecule has 0 aromatic carbocycles. The van der Waals surface area contributed by atoms with Crippen molar-refractivity contribution in [2.45, 2.75) is 44.9 Å². The van der Waals surface area contributed by atoms with E-state index in [2.05, 4.69) is 6.07 Å². The van der Waals surface area contributed by atoms with Crippen LogP contribution < -0.4 is 0 Å². The van der Waals surface area contributed by atoms with Crippen LogP contribution in [0.15, 0.2) is 0 Å². The third-order valence-electron chi connectivity index (χ3n) is 4.54. The molecule has 5 heteroatoms. The van der Waals surface area contributed by atoms with Gasteiger partial charge in [-0.1, -0.05) is 25.7 Å². The molecule has 1 heterocycles. The molecule has 0 aromatic heterocycles. The molecule has 2 fully saturated rings. The molecule has 5 nitrogen and oxygen atoms in total. The molecule has 0 aromatic rings. The Morgan fingerprint density at radius 3 is 2.40 bits per heavy atom. The van der Waals surface area contributed by atoms with E-state index in [0.717, 1.165) is 32.1 Å². The zero-order valence-electron chi connectivity index (χ0n) is 12.2. The summed E-state index contributed by atoms with van der Waals surface area (Å²) in [5.41, 5.74) is -0.889. The zero-order chi connectivity index (χ0) is 14.6. The first-order valence-corrected chi connectivity index (χ1v) is 7.54. The van der Waals surface area contributed by atoms with E-state index >= 15 is 0 Å². The summed E-state index contributed by atoms with van der Waals surface area (Å²) in [6.45, 7) is 1.39. The molecule has 2 rings (SSSR count). The summed E-state index contributed by atoms with van der Waals surface area (Å²) < 4.78 is 0. The number of hydrogen-bond acceptors (Lipinski definition) is 3. The Balaban J connectivity index is 2.15. The van der Waals surface area contributed by atoms with E-state index in [9.17, 15) is 14.9 Å². The molecule has 0 atom stereocenters. The Labute approximate surface area is 120 Å². The summed E-state index contributed by atoms with van der Waals surface area (Å²) in [4.78, 5) is 28.0. The topological polar surface area (TPSA) is 64.4 Å². The van der Waals surface area contributed by atoms with E-state index < -0.39 is 5.41 Å². The van der Waals surface area contributed by atoms with E-state index in [1.54, 1.807) is 16.8 Å². The predicted octanol–water partition coefficient (Wildman–Crippen LogP) is 1.54. The fourth-order valence-electron chi connectivity index (χ4n) is 3.17. The van der Waals surface area contributed by atoms with Crippen molar-refractivity contribution in [1.82, 2.24) is 9.80 Å². The van der Waals surface area contributed by atoms with Crippen LogP contribution in [-0.2, 0) is 9.59 Å². The third-order valence-corrected chi connectivity index (χ3v) is 4.54. The molecule has 2 aliphatic rings. The smallest absolute Gasteiger partial charge is 0.243 e. The maximum absolute atomic E-state index is 12.8. The highest BCUT2D eigenvalue weighted by Gasteiger charge is 2.42. The monoisotopic (exact) mass is 277 g/mol. The van der Waals surface area contributed by atoms with Crippen LogP contribution in [0, 0.1) is 16.7 Å². The molecule has 2 amide bonds. The van der Waals surface area contributed by atoms with Crippen molar-refractivity contribution < 1.29 is 9.59 Å². The van der Waals surface area contributed by atoms with Gasteiger partial charge in [-0.2, -0.15) is 5.26 Å². The van der Waals surface area contributed by atoms with Crippen molar-refractivity contribution in [3.05, 3.63) is 0 Å². The molecule has 0 bridgehead atoms. The molecule has 0 radical (unpaired) electrons. The van der Waals surface area contributed by atoms with Crippen LogP contribution in [0.4, 0.5) is 0 Å². The average molecular weight is 277 g/mol. The highest BCUT2D eigenvalue weighted by atomic mass is 16.2. The van der Waals surface area contributed by atoms with Gasteiger partial charge in [0.25, 0.3) is 0 Å². The average Bonchev–Trinajstić information content (AvgIpc) is 2.79. The van der Waals surface area contributed by atoms with Crippen molar-refractivity contribution in [3.63, 3.8) is 0 Å². The van der Waals surface area contributed by atoms with Crippen molar-refractivity contribution in [3.8, 4) is 6.07 Å². The molecule has 1 aliphatic heterocycles. The normalized spacial score (nSPS) is 23.7. The van der Waals surface area contributed by atoms with Crippen molar-refractivity contribution in [2.75, 3.05) is 26.7 Å². The maximum Gasteiger partial charge on any atom is 0.243 e. The molecule has 0 unspecified atom stereocenters. The van der Waals surface area contributed by atoms with E-state index in [1.807, 2.05) is 0 Å². The van der Waals surface area contributed by atoms with Crippen LogP contribution in [-0.4, -0.2) is 48.3 Å². The minimum absolute atomic E-state index is 0.0300. The summed E-state index contributed by atoms with van der Waals surface area (Å²) in [7, 11) is 1.77. The van der Waals surface area contributed by atoms with Gasteiger partial charge in [-0.15, -0.1) is 0 Å². The molecule has 1 aliphatic carbocycles. The third kappa shape index (κ3) is 2.95. The molecule has 110 valence electrons. The van der Waals surface area contributed by atoms with Gasteiger partial charge in [0, 0.05) is 20.1 Å². The maximum atomic E-state index is 12.8. The lowest BCUT2D eigenvalue weighted by atomic mass is 9.80. The van der Waals surface area contributed by atoms with Gasteiger partial charge in [-0.25, -0.2) is 0 Å². The minimum Gasteiger partial charge on any atom is -0.344 e. The summed E-state index contributed by atoms with van der Waals surface area (Å²) in [6.07, 6.45) is 6.12. The number of nitriles is 1. The van der Waals surface area contributed by atoms with Gasteiger partial charge in [0.2, 0.25) is 11.8 Å². The van der Waals surface area contributed by atoms with Gasteiger partial charge in [-0.05, 0) is 19.3 Å². The van der Waals surface area contributed by atoms with Crippen LogP contribution in [0.3, 0.4) is 0 Å². The van der Waals surface area contributed by atoms with Gasteiger partial charge in [-0.3, -0.25) is 9.59 Å². The minimum atomic E-state index is -0.889. The molecule has 1 saturated heterocycles. The summed E-state index contributed by atoms with van der Waals surface area (Å²) >= 11 is 0. The van der Waals surface area contributed by atoms with Gasteiger partial charge in [0.05, 0.1) is 12.6 Å². The van der Waals surface area contributed by atoms with Gasteiger partial charge in [0.15, 0.2) is 0 Å². The number of carbonyl (C=O) groups is 2. The Morgan fingerprint density at radius 1 is 1.15 bits per heavy atom. The number of carbonyl (C=O) groups excluding carboxylic acids is 2. The first kappa shape index (κ1) is 14.8. The zero-order valence-corrected chi connectivity index (χ0v) is 12.2. The fourth-order valence-corrected chi connectivity index (χ4v) is 3.17. The van der Waals surface area contributed by atoms with Crippen LogP contribution in [0.2, 0.25) is 0 Å². The van der Waals surface area contributed by atoms with Crippen molar-refractivity contribution in [1.29, 1.82) is 5.26 Å². The number of rotatable bonds is 1. The Morgan fingerprint density at radius 2 is 1.80 bits per heavy atom. The molecular weight excluding hydrogens is 254 g/mol. The summed E-state index contributed by atoms with van der Waals surface area (Å²) in [6, 6.07) is 2.28. The van der Waals surface area contributed by atoms with E-state index in [1.165, 1.54) is 0 Å². The van der Waals surface area contributed by atoms with Crippen LogP contribution >= 0.6 is 0 Å². The standard InChI is InChI=1S/C15H23N3O2/c1-17-9-6-10-18(11-13(17)19)14(20)15(12-16)7-4-2-3-5-8-15/h2-11H2,1H3. The first-order chi connectivity index (χ1) is 9.59. The van der Waals surface area contributed by atoms with E-state index in [-0.39, 0.29) is 18.4 Å².